The quantitative estimate of drug-likeness (QED) is 0.623. The van der Waals surface area contributed by atoms with Crippen molar-refractivity contribution < 1.29 is 4.79 Å². The molecule has 0 unspecified atom stereocenters. The Hall–Kier alpha value is -1.38. The topological polar surface area (TPSA) is 45.9 Å². The van der Waals surface area contributed by atoms with Crippen molar-refractivity contribution in [3.05, 3.63) is 29.4 Å². The fraction of sp³-hybridized carbons (Fsp3) is 0.250. The van der Waals surface area contributed by atoms with Crippen molar-refractivity contribution in [3.8, 4) is 0 Å². The summed E-state index contributed by atoms with van der Waals surface area (Å²) < 4.78 is 1.71. The van der Waals surface area contributed by atoms with E-state index in [2.05, 4.69) is 0 Å². The van der Waals surface area contributed by atoms with Crippen molar-refractivity contribution in [2.24, 2.45) is 0 Å². The molecule has 0 saturated heterocycles. The number of aldehydes is 1. The largest absolute Gasteiger partial charge is 0.333 e. The van der Waals surface area contributed by atoms with Crippen LogP contribution in [0.5, 0.6) is 0 Å². The molecule has 0 fully saturated rings. The summed E-state index contributed by atoms with van der Waals surface area (Å²) in [4.78, 5) is 10.4. The lowest BCUT2D eigenvalue weighted by atomic mass is 10.3. The minimum atomic E-state index is 0.282. The highest BCUT2D eigenvalue weighted by Crippen LogP contribution is 1.86. The molecule has 1 aromatic rings. The van der Waals surface area contributed by atoms with E-state index in [1.54, 1.807) is 22.9 Å². The summed E-state index contributed by atoms with van der Waals surface area (Å²) in [6.45, 7) is 2.66. The van der Waals surface area contributed by atoms with Crippen LogP contribution in [0.2, 0.25) is 0 Å². The van der Waals surface area contributed by atoms with Crippen LogP contribution in [0.3, 0.4) is 0 Å². The molecule has 0 atom stereocenters. The molecule has 1 aromatic heterocycles. The van der Waals surface area contributed by atoms with E-state index in [-0.39, 0.29) is 5.49 Å². The fourth-order valence-electron chi connectivity index (χ4n) is 0.929. The van der Waals surface area contributed by atoms with Gasteiger partial charge in [0.15, 0.2) is 6.29 Å². The van der Waals surface area contributed by atoms with Crippen molar-refractivity contribution in [1.29, 1.82) is 5.41 Å². The third-order valence-electron chi connectivity index (χ3n) is 1.57. The molecule has 3 nitrogen and oxygen atoms in total. The highest BCUT2D eigenvalue weighted by atomic mass is 16.1. The van der Waals surface area contributed by atoms with Gasteiger partial charge in [-0.2, -0.15) is 0 Å². The van der Waals surface area contributed by atoms with Gasteiger partial charge >= 0.3 is 0 Å². The minimum absolute atomic E-state index is 0.282. The molecule has 1 heterocycles. The Labute approximate surface area is 64.8 Å². The number of hydrogen-bond donors (Lipinski definition) is 1. The van der Waals surface area contributed by atoms with E-state index >= 15 is 0 Å². The summed E-state index contributed by atoms with van der Waals surface area (Å²) in [7, 11) is 0. The summed E-state index contributed by atoms with van der Waals surface area (Å²) >= 11 is 0. The molecule has 11 heavy (non-hydrogen) atoms. The molecule has 0 aromatic carbocycles. The summed E-state index contributed by atoms with van der Waals surface area (Å²) in [5, 5.41) is 7.48. The summed E-state index contributed by atoms with van der Waals surface area (Å²) in [5.74, 6) is 0. The third-order valence-corrected chi connectivity index (χ3v) is 1.57. The number of carbonyl (C=O) groups is 1. The van der Waals surface area contributed by atoms with Gasteiger partial charge in [-0.1, -0.05) is 0 Å². The van der Waals surface area contributed by atoms with Crippen LogP contribution in [-0.2, 0) is 6.54 Å². The molecule has 0 aliphatic heterocycles. The first-order valence-electron chi connectivity index (χ1n) is 3.48. The molecule has 1 rings (SSSR count). The Bertz CT molecular complexity index is 314. The SMILES string of the molecule is CCn1cccc(C=O)c1=N. The zero-order valence-corrected chi connectivity index (χ0v) is 6.37. The molecular formula is C8H10N2O. The molecule has 0 aliphatic rings. The van der Waals surface area contributed by atoms with Crippen LogP contribution in [0.1, 0.15) is 17.3 Å². The van der Waals surface area contributed by atoms with E-state index in [9.17, 15) is 4.79 Å². The Morgan fingerprint density at radius 3 is 3.00 bits per heavy atom. The standard InChI is InChI=1S/C8H10N2O/c1-2-10-5-3-4-7(6-11)8(10)9/h3-6,9H,2H2,1H3. The first-order valence-corrected chi connectivity index (χ1v) is 3.48. The fourth-order valence-corrected chi connectivity index (χ4v) is 0.929. The molecule has 0 aliphatic carbocycles. The lowest BCUT2D eigenvalue weighted by Gasteiger charge is -2.02. The van der Waals surface area contributed by atoms with E-state index < -0.39 is 0 Å². The number of aryl methyl sites for hydroxylation is 1. The summed E-state index contributed by atoms with van der Waals surface area (Å²) in [6, 6.07) is 3.41. The second kappa shape index (κ2) is 3.14. The van der Waals surface area contributed by atoms with Crippen LogP contribution in [0.4, 0.5) is 0 Å². The first kappa shape index (κ1) is 7.72. The summed E-state index contributed by atoms with van der Waals surface area (Å²) in [5.41, 5.74) is 0.722. The van der Waals surface area contributed by atoms with Gasteiger partial charge in [0.1, 0.15) is 5.49 Å². The van der Waals surface area contributed by atoms with Crippen molar-refractivity contribution >= 4 is 6.29 Å². The van der Waals surface area contributed by atoms with Crippen LogP contribution in [0.25, 0.3) is 0 Å². The zero-order valence-electron chi connectivity index (χ0n) is 6.37. The maximum absolute atomic E-state index is 10.4. The Kier molecular flexibility index (Phi) is 2.21. The maximum atomic E-state index is 10.4. The molecular weight excluding hydrogens is 140 g/mol. The van der Waals surface area contributed by atoms with E-state index in [0.29, 0.717) is 11.8 Å². The van der Waals surface area contributed by atoms with Crippen LogP contribution in [0, 0.1) is 5.41 Å². The number of nitrogens with zero attached hydrogens (tertiary/aromatic N) is 1. The predicted octanol–water partition coefficient (Wildman–Crippen LogP) is 0.800. The van der Waals surface area contributed by atoms with Gasteiger partial charge < -0.3 is 4.57 Å². The average Bonchev–Trinajstić information content (AvgIpc) is 2.05. The predicted molar refractivity (Wildman–Crippen MR) is 41.3 cm³/mol. The maximum Gasteiger partial charge on any atom is 0.153 e. The monoisotopic (exact) mass is 150 g/mol. The number of nitrogens with one attached hydrogen (secondary N) is 1. The van der Waals surface area contributed by atoms with Crippen LogP contribution >= 0.6 is 0 Å². The van der Waals surface area contributed by atoms with Gasteiger partial charge in [0.05, 0.1) is 5.56 Å². The molecule has 0 spiro atoms. The lowest BCUT2D eigenvalue weighted by molar-refractivity contribution is 0.112. The molecule has 0 saturated carbocycles. The van der Waals surface area contributed by atoms with Gasteiger partial charge in [0.25, 0.3) is 0 Å². The van der Waals surface area contributed by atoms with E-state index in [1.807, 2.05) is 6.92 Å². The highest BCUT2D eigenvalue weighted by Gasteiger charge is 1.94. The Morgan fingerprint density at radius 2 is 2.45 bits per heavy atom. The molecule has 58 valence electrons. The van der Waals surface area contributed by atoms with E-state index in [4.69, 9.17) is 5.41 Å². The van der Waals surface area contributed by atoms with Gasteiger partial charge in [-0.15, -0.1) is 0 Å². The molecule has 1 N–H and O–H groups in total. The Morgan fingerprint density at radius 1 is 1.73 bits per heavy atom. The number of carbonyl (C=O) groups excluding carboxylic acids is 1. The third kappa shape index (κ3) is 1.37. The van der Waals surface area contributed by atoms with Crippen molar-refractivity contribution in [1.82, 2.24) is 4.57 Å². The van der Waals surface area contributed by atoms with Crippen LogP contribution in [-0.4, -0.2) is 10.9 Å². The average molecular weight is 150 g/mol. The van der Waals surface area contributed by atoms with Gasteiger partial charge in [-0.05, 0) is 19.1 Å². The smallest absolute Gasteiger partial charge is 0.153 e. The minimum Gasteiger partial charge on any atom is -0.333 e. The molecule has 3 heteroatoms. The van der Waals surface area contributed by atoms with Gasteiger partial charge in [-0.3, -0.25) is 10.2 Å². The number of rotatable bonds is 2. The Balaban J connectivity index is 3.32. The normalized spacial score (nSPS) is 9.55. The second-order valence-corrected chi connectivity index (χ2v) is 2.22. The van der Waals surface area contributed by atoms with Crippen molar-refractivity contribution in [3.63, 3.8) is 0 Å². The molecule has 0 bridgehead atoms. The van der Waals surface area contributed by atoms with Crippen LogP contribution < -0.4 is 5.49 Å². The number of hydrogen-bond acceptors (Lipinski definition) is 2. The van der Waals surface area contributed by atoms with Gasteiger partial charge in [-0.25, -0.2) is 0 Å². The number of aromatic nitrogens is 1. The van der Waals surface area contributed by atoms with E-state index in [1.165, 1.54) is 0 Å². The van der Waals surface area contributed by atoms with Crippen molar-refractivity contribution in [2.75, 3.05) is 0 Å². The highest BCUT2D eigenvalue weighted by molar-refractivity contribution is 5.73. The van der Waals surface area contributed by atoms with E-state index in [0.717, 1.165) is 6.54 Å². The second-order valence-electron chi connectivity index (χ2n) is 2.22. The zero-order chi connectivity index (χ0) is 8.27. The van der Waals surface area contributed by atoms with Gasteiger partial charge in [0, 0.05) is 12.7 Å². The molecule has 0 amide bonds. The molecule has 0 radical (unpaired) electrons. The first-order chi connectivity index (χ1) is 5.29. The summed E-state index contributed by atoms with van der Waals surface area (Å²) in [6.07, 6.45) is 2.49. The van der Waals surface area contributed by atoms with Crippen LogP contribution in [0.15, 0.2) is 18.3 Å². The van der Waals surface area contributed by atoms with Gasteiger partial charge in [0.2, 0.25) is 0 Å². The van der Waals surface area contributed by atoms with Crippen molar-refractivity contribution in [2.45, 2.75) is 13.5 Å². The number of pyridine rings is 1. The lowest BCUT2D eigenvalue weighted by Crippen LogP contribution is -2.21.